The predicted molar refractivity (Wildman–Crippen MR) is 164 cm³/mol. The summed E-state index contributed by atoms with van der Waals surface area (Å²) >= 11 is 0. The molecule has 0 radical (unpaired) electrons. The van der Waals surface area contributed by atoms with Gasteiger partial charge in [-0.2, -0.15) is 5.10 Å². The molecule has 1 fully saturated rings. The van der Waals surface area contributed by atoms with Crippen molar-refractivity contribution in [2.75, 3.05) is 18.0 Å². The molecule has 6 heteroatoms. The van der Waals surface area contributed by atoms with Crippen molar-refractivity contribution in [3.8, 4) is 16.9 Å². The van der Waals surface area contributed by atoms with E-state index in [9.17, 15) is 4.79 Å². The Hall–Kier alpha value is -4.19. The van der Waals surface area contributed by atoms with Gasteiger partial charge in [0, 0.05) is 43.1 Å². The topological polar surface area (TPSA) is 41.4 Å². The summed E-state index contributed by atoms with van der Waals surface area (Å²) in [6.45, 7) is 2.84. The monoisotopic (exact) mass is 548 g/mol. The average Bonchev–Trinajstić information content (AvgIpc) is 3.46. The Morgan fingerprint density at radius 1 is 0.750 bits per heavy atom. The zero-order chi connectivity index (χ0) is 26.4. The molecular weight excluding hydrogens is 516 g/mol. The van der Waals surface area contributed by atoms with Crippen molar-refractivity contribution in [1.29, 1.82) is 0 Å². The minimum Gasteiger partial charge on any atom is -0.305 e. The molecule has 4 aromatic carbocycles. The number of hydrogen-bond donors (Lipinski definition) is 0. The van der Waals surface area contributed by atoms with Gasteiger partial charge in [0.25, 0.3) is 5.91 Å². The third-order valence-electron chi connectivity index (χ3n) is 7.44. The average molecular weight is 549 g/mol. The van der Waals surface area contributed by atoms with Crippen LogP contribution in [0.5, 0.6) is 0 Å². The number of hydrogen-bond acceptors (Lipinski definition) is 3. The highest BCUT2D eigenvalue weighted by atomic mass is 35.5. The van der Waals surface area contributed by atoms with Gasteiger partial charge in [-0.05, 0) is 42.7 Å². The van der Waals surface area contributed by atoms with E-state index >= 15 is 0 Å². The number of benzene rings is 4. The first-order valence-corrected chi connectivity index (χ1v) is 13.6. The summed E-state index contributed by atoms with van der Waals surface area (Å²) in [4.78, 5) is 19.0. The Kier molecular flexibility index (Phi) is 8.74. The first-order valence-electron chi connectivity index (χ1n) is 13.6. The largest absolute Gasteiger partial charge is 0.305 e. The van der Waals surface area contributed by atoms with Crippen LogP contribution in [0.2, 0.25) is 0 Å². The number of rotatable bonds is 7. The van der Waals surface area contributed by atoms with Gasteiger partial charge < -0.3 is 4.90 Å². The predicted octanol–water partition coefficient (Wildman–Crippen LogP) is 7.27. The molecule has 0 bridgehead atoms. The third kappa shape index (κ3) is 6.01. The molecule has 0 atom stereocenters. The Morgan fingerprint density at radius 3 is 1.93 bits per heavy atom. The van der Waals surface area contributed by atoms with E-state index in [2.05, 4.69) is 35.2 Å². The summed E-state index contributed by atoms with van der Waals surface area (Å²) in [5.74, 6) is -0.0104. The maximum Gasteiger partial charge on any atom is 0.262 e. The molecule has 0 spiro atoms. The fourth-order valence-electron chi connectivity index (χ4n) is 5.44. The lowest BCUT2D eigenvalue weighted by atomic mass is 9.99. The molecule has 0 saturated carbocycles. The number of para-hydroxylation sites is 2. The van der Waals surface area contributed by atoms with Crippen LogP contribution in [0.25, 0.3) is 16.9 Å². The van der Waals surface area contributed by atoms with Crippen LogP contribution in [0.3, 0.4) is 0 Å². The van der Waals surface area contributed by atoms with E-state index in [0.29, 0.717) is 11.3 Å². The van der Waals surface area contributed by atoms with Gasteiger partial charge >= 0.3 is 0 Å². The third-order valence-corrected chi connectivity index (χ3v) is 7.44. The molecule has 1 aliphatic rings. The molecule has 2 heterocycles. The van der Waals surface area contributed by atoms with Crippen LogP contribution in [0.1, 0.15) is 28.8 Å². The maximum absolute atomic E-state index is 14.5. The van der Waals surface area contributed by atoms with Crippen LogP contribution in [-0.4, -0.2) is 39.7 Å². The van der Waals surface area contributed by atoms with Gasteiger partial charge in [0.2, 0.25) is 0 Å². The Bertz CT molecular complexity index is 1500. The second kappa shape index (κ2) is 12.8. The Labute approximate surface area is 242 Å². The smallest absolute Gasteiger partial charge is 0.262 e. The molecule has 0 N–H and O–H groups in total. The van der Waals surface area contributed by atoms with E-state index in [1.807, 2.05) is 107 Å². The van der Waals surface area contributed by atoms with Gasteiger partial charge in [0.15, 0.2) is 0 Å². The van der Waals surface area contributed by atoms with Crippen LogP contribution in [-0.2, 0) is 6.54 Å². The standard InChI is InChI=1S/C34H32N4O.ClH/c39-34(32-26-37(29-17-9-3-10-18-29)35-33(32)28-15-7-2-8-16-28)38(30-19-11-4-12-20-30)31-21-23-36(24-22-31)25-27-13-5-1-6-14-27;/h1-20,26,31H,21-25H2;1H. The quantitative estimate of drug-likeness (QED) is 0.215. The van der Waals surface area contributed by atoms with Crippen LogP contribution < -0.4 is 4.90 Å². The lowest BCUT2D eigenvalue weighted by Crippen LogP contribution is -2.47. The summed E-state index contributed by atoms with van der Waals surface area (Å²) in [7, 11) is 0. The van der Waals surface area contributed by atoms with Crippen molar-refractivity contribution in [2.24, 2.45) is 0 Å². The van der Waals surface area contributed by atoms with Crippen molar-refractivity contribution >= 4 is 24.0 Å². The normalized spacial score (nSPS) is 13.9. The molecule has 0 unspecified atom stereocenters. The van der Waals surface area contributed by atoms with E-state index in [1.54, 1.807) is 0 Å². The molecule has 1 amide bonds. The van der Waals surface area contributed by atoms with E-state index in [-0.39, 0.29) is 24.4 Å². The number of likely N-dealkylation sites (tertiary alicyclic amines) is 1. The zero-order valence-electron chi connectivity index (χ0n) is 22.3. The summed E-state index contributed by atoms with van der Waals surface area (Å²) < 4.78 is 1.82. The highest BCUT2D eigenvalue weighted by Crippen LogP contribution is 2.30. The summed E-state index contributed by atoms with van der Waals surface area (Å²) in [6, 6.07) is 40.8. The first-order chi connectivity index (χ1) is 19.3. The van der Waals surface area contributed by atoms with Gasteiger partial charge in [-0.25, -0.2) is 4.68 Å². The van der Waals surface area contributed by atoms with Gasteiger partial charge in [-0.15, -0.1) is 12.4 Å². The molecule has 1 aliphatic heterocycles. The van der Waals surface area contributed by atoms with Crippen LogP contribution in [0, 0.1) is 0 Å². The number of aromatic nitrogens is 2. The Balaban J connectivity index is 0.00000323. The number of nitrogens with zero attached hydrogens (tertiary/aromatic N) is 4. The molecular formula is C34H33ClN4O. The second-order valence-corrected chi connectivity index (χ2v) is 10.0. The molecule has 202 valence electrons. The van der Waals surface area contributed by atoms with Crippen LogP contribution >= 0.6 is 12.4 Å². The van der Waals surface area contributed by atoms with E-state index < -0.39 is 0 Å². The molecule has 6 rings (SSSR count). The van der Waals surface area contributed by atoms with E-state index in [0.717, 1.165) is 49.4 Å². The van der Waals surface area contributed by atoms with Crippen molar-refractivity contribution in [3.63, 3.8) is 0 Å². The van der Waals surface area contributed by atoms with Gasteiger partial charge in [-0.3, -0.25) is 9.69 Å². The zero-order valence-corrected chi connectivity index (χ0v) is 23.2. The number of piperidine rings is 1. The van der Waals surface area contributed by atoms with Gasteiger partial charge in [0.1, 0.15) is 5.69 Å². The van der Waals surface area contributed by atoms with Crippen molar-refractivity contribution < 1.29 is 4.79 Å². The van der Waals surface area contributed by atoms with Gasteiger partial charge in [-0.1, -0.05) is 97.1 Å². The van der Waals surface area contributed by atoms with Gasteiger partial charge in [0.05, 0.1) is 11.3 Å². The second-order valence-electron chi connectivity index (χ2n) is 10.0. The Morgan fingerprint density at radius 2 is 1.30 bits per heavy atom. The number of amides is 1. The van der Waals surface area contributed by atoms with E-state index in [4.69, 9.17) is 5.10 Å². The van der Waals surface area contributed by atoms with Crippen molar-refractivity contribution in [2.45, 2.75) is 25.4 Å². The number of carbonyl (C=O) groups excluding carboxylic acids is 1. The van der Waals surface area contributed by atoms with Crippen molar-refractivity contribution in [3.05, 3.63) is 139 Å². The van der Waals surface area contributed by atoms with Crippen LogP contribution in [0.15, 0.2) is 128 Å². The molecule has 40 heavy (non-hydrogen) atoms. The molecule has 1 saturated heterocycles. The van der Waals surface area contributed by atoms with E-state index in [1.165, 1.54) is 5.56 Å². The highest BCUT2D eigenvalue weighted by molar-refractivity contribution is 6.10. The first kappa shape index (κ1) is 27.4. The SMILES string of the molecule is Cl.O=C(c1cn(-c2ccccc2)nc1-c1ccccc1)N(c1ccccc1)C1CCN(Cc2ccccc2)CC1. The minimum atomic E-state index is -0.0104. The fourth-order valence-corrected chi connectivity index (χ4v) is 5.44. The van der Waals surface area contributed by atoms with Crippen molar-refractivity contribution in [1.82, 2.24) is 14.7 Å². The van der Waals surface area contributed by atoms with Crippen LogP contribution in [0.4, 0.5) is 5.69 Å². The molecule has 1 aromatic heterocycles. The highest BCUT2D eigenvalue weighted by Gasteiger charge is 2.32. The molecule has 5 nitrogen and oxygen atoms in total. The number of carbonyl (C=O) groups is 1. The number of halogens is 1. The molecule has 0 aliphatic carbocycles. The fraction of sp³-hybridized carbons (Fsp3) is 0.176. The summed E-state index contributed by atoms with van der Waals surface area (Å²) in [6.07, 6.45) is 3.72. The summed E-state index contributed by atoms with van der Waals surface area (Å²) in [5, 5.41) is 4.91. The maximum atomic E-state index is 14.5. The summed E-state index contributed by atoms with van der Waals surface area (Å²) in [5.41, 5.74) is 5.42. The molecule has 5 aromatic rings. The lowest BCUT2D eigenvalue weighted by molar-refractivity contribution is 0.0959. The number of anilines is 1. The lowest BCUT2D eigenvalue weighted by Gasteiger charge is -2.38. The minimum absolute atomic E-state index is 0.